The molecule has 0 aliphatic carbocycles. The van der Waals surface area contributed by atoms with Crippen LogP contribution in [0.1, 0.15) is 21.2 Å². The maximum atomic E-state index is 13.8. The fourth-order valence-corrected chi connectivity index (χ4v) is 8.57. The van der Waals surface area contributed by atoms with Gasteiger partial charge >= 0.3 is 4.87 Å². The first kappa shape index (κ1) is 23.9. The van der Waals surface area contributed by atoms with Crippen molar-refractivity contribution < 1.29 is 14.4 Å². The minimum atomic E-state index is -0.689. The third kappa shape index (κ3) is 4.14. The van der Waals surface area contributed by atoms with E-state index < -0.39 is 17.1 Å². The summed E-state index contributed by atoms with van der Waals surface area (Å²) in [6.45, 7) is 1.77. The van der Waals surface area contributed by atoms with E-state index in [2.05, 4.69) is 5.32 Å². The van der Waals surface area contributed by atoms with E-state index in [-0.39, 0.29) is 29.1 Å². The number of carbonyl (C=O) groups excluding carboxylic acids is 3. The Morgan fingerprint density at radius 3 is 2.41 bits per heavy atom. The zero-order chi connectivity index (χ0) is 25.7. The lowest BCUT2D eigenvalue weighted by molar-refractivity contribution is -0.122. The first-order valence-electron chi connectivity index (χ1n) is 11.7. The number of imide groups is 1. The number of amides is 3. The molecule has 37 heavy (non-hydrogen) atoms. The van der Waals surface area contributed by atoms with Crippen LogP contribution in [0.2, 0.25) is 0 Å². The highest BCUT2D eigenvalue weighted by molar-refractivity contribution is 8.00. The van der Waals surface area contributed by atoms with Gasteiger partial charge in [0.05, 0.1) is 16.6 Å². The molecule has 3 unspecified atom stereocenters. The highest BCUT2D eigenvalue weighted by Crippen LogP contribution is 2.54. The van der Waals surface area contributed by atoms with E-state index in [1.807, 2.05) is 54.8 Å². The molecular weight excluding hydrogens is 527 g/mol. The molecule has 3 amide bonds. The predicted octanol–water partition coefficient (Wildman–Crippen LogP) is 4.71. The molecule has 1 N–H and O–H groups in total. The predicted molar refractivity (Wildman–Crippen MR) is 147 cm³/mol. The smallest absolute Gasteiger partial charge is 0.308 e. The number of thioether (sulfide) groups is 1. The first-order valence-corrected chi connectivity index (χ1v) is 14.2. The molecule has 1 saturated heterocycles. The van der Waals surface area contributed by atoms with Gasteiger partial charge in [0.25, 0.3) is 0 Å². The first-order chi connectivity index (χ1) is 17.9. The van der Waals surface area contributed by atoms with Crippen LogP contribution in [0.5, 0.6) is 0 Å². The summed E-state index contributed by atoms with van der Waals surface area (Å²) in [5.41, 5.74) is 2.22. The van der Waals surface area contributed by atoms with Gasteiger partial charge in [-0.25, -0.2) is 4.90 Å². The summed E-state index contributed by atoms with van der Waals surface area (Å²) in [7, 11) is 0. The maximum Gasteiger partial charge on any atom is 0.308 e. The largest absolute Gasteiger partial charge is 0.325 e. The quantitative estimate of drug-likeness (QED) is 0.366. The third-order valence-corrected chi connectivity index (χ3v) is 10.1. The third-order valence-electron chi connectivity index (χ3n) is 6.55. The number of carbonyl (C=O) groups is 3. The standard InChI is InChI=1S/C27H21N3O4S3/c1-15-9-11-17(12-10-15)30-24(32)21-20(18-8-5-13-35-18)23-26(36-22(21)25(30)33)29(27(34)37-23)14-19(31)28-16-6-3-2-4-7-16/h2-13,20-22H,14H2,1H3,(H,28,31). The summed E-state index contributed by atoms with van der Waals surface area (Å²) >= 11 is 3.78. The van der Waals surface area contributed by atoms with Crippen molar-refractivity contribution in [1.82, 2.24) is 4.57 Å². The van der Waals surface area contributed by atoms with Crippen LogP contribution in [0.4, 0.5) is 11.4 Å². The van der Waals surface area contributed by atoms with Gasteiger partial charge in [-0.1, -0.05) is 65.1 Å². The van der Waals surface area contributed by atoms with Crippen molar-refractivity contribution >= 4 is 63.5 Å². The SMILES string of the molecule is Cc1ccc(N2C(=O)C3Sc4c(sc(=O)n4CC(=O)Nc4ccccc4)C(c4cccs4)C3C2=O)cc1. The van der Waals surface area contributed by atoms with E-state index >= 15 is 0 Å². The molecule has 0 bridgehead atoms. The number of nitrogens with zero attached hydrogens (tertiary/aromatic N) is 2. The number of nitrogens with one attached hydrogen (secondary N) is 1. The monoisotopic (exact) mass is 547 g/mol. The van der Waals surface area contributed by atoms with Gasteiger partial charge in [0.2, 0.25) is 17.7 Å². The lowest BCUT2D eigenvalue weighted by atomic mass is 9.87. The van der Waals surface area contributed by atoms with E-state index in [1.165, 1.54) is 32.6 Å². The van der Waals surface area contributed by atoms with E-state index in [4.69, 9.17) is 0 Å². The zero-order valence-corrected chi connectivity index (χ0v) is 22.1. The van der Waals surface area contributed by atoms with E-state index in [0.717, 1.165) is 26.7 Å². The van der Waals surface area contributed by atoms with Crippen molar-refractivity contribution in [3.8, 4) is 0 Å². The van der Waals surface area contributed by atoms with Crippen molar-refractivity contribution in [3.63, 3.8) is 0 Å². The van der Waals surface area contributed by atoms with E-state index in [1.54, 1.807) is 24.3 Å². The van der Waals surface area contributed by atoms with Crippen LogP contribution in [-0.2, 0) is 20.9 Å². The molecule has 1 fully saturated rings. The van der Waals surface area contributed by atoms with Crippen molar-refractivity contribution in [1.29, 1.82) is 0 Å². The fraction of sp³-hybridized carbons (Fsp3) is 0.185. The summed E-state index contributed by atoms with van der Waals surface area (Å²) in [6.07, 6.45) is 0. The van der Waals surface area contributed by atoms with Gasteiger partial charge in [-0.05, 0) is 42.6 Å². The number of hydrogen-bond acceptors (Lipinski definition) is 7. The number of thiazole rings is 1. The fourth-order valence-electron chi connectivity index (χ4n) is 4.84. The van der Waals surface area contributed by atoms with Gasteiger partial charge in [-0.3, -0.25) is 23.7 Å². The van der Waals surface area contributed by atoms with Crippen molar-refractivity contribution in [2.24, 2.45) is 5.92 Å². The average molecular weight is 548 g/mol. The molecule has 0 radical (unpaired) electrons. The van der Waals surface area contributed by atoms with Crippen molar-refractivity contribution in [2.75, 3.05) is 10.2 Å². The van der Waals surface area contributed by atoms with Crippen LogP contribution in [0, 0.1) is 12.8 Å². The lowest BCUT2D eigenvalue weighted by Gasteiger charge is -2.29. The number of fused-ring (bicyclic) bond motifs is 2. The Balaban J connectivity index is 1.39. The second kappa shape index (κ2) is 9.44. The molecule has 4 aromatic rings. The van der Waals surface area contributed by atoms with Crippen LogP contribution in [0.3, 0.4) is 0 Å². The minimum absolute atomic E-state index is 0.176. The van der Waals surface area contributed by atoms with Gasteiger partial charge in [-0.15, -0.1) is 11.3 Å². The molecule has 0 saturated carbocycles. The molecule has 7 nitrogen and oxygen atoms in total. The molecule has 0 spiro atoms. The molecule has 6 rings (SSSR count). The average Bonchev–Trinajstić information content (AvgIpc) is 3.58. The van der Waals surface area contributed by atoms with Crippen LogP contribution in [-0.4, -0.2) is 27.5 Å². The molecule has 2 aromatic heterocycles. The van der Waals surface area contributed by atoms with Crippen LogP contribution >= 0.6 is 34.4 Å². The lowest BCUT2D eigenvalue weighted by Crippen LogP contribution is -2.32. The topological polar surface area (TPSA) is 88.5 Å². The number of hydrogen-bond donors (Lipinski definition) is 1. The Hall–Kier alpha value is -3.47. The molecule has 2 aliphatic heterocycles. The second-order valence-electron chi connectivity index (χ2n) is 8.94. The molecule has 2 aromatic carbocycles. The molecular formula is C27H21N3O4S3. The second-order valence-corrected chi connectivity index (χ2v) is 12.0. The Kier molecular flexibility index (Phi) is 6.10. The summed E-state index contributed by atoms with van der Waals surface area (Å²) in [6, 6.07) is 20.2. The van der Waals surface area contributed by atoms with Gasteiger partial charge in [-0.2, -0.15) is 0 Å². The molecule has 186 valence electrons. The molecule has 4 heterocycles. The summed E-state index contributed by atoms with van der Waals surface area (Å²) in [4.78, 5) is 56.1. The van der Waals surface area contributed by atoms with E-state index in [0.29, 0.717) is 16.4 Å². The normalized spacial score (nSPS) is 20.6. The molecule has 2 aliphatic rings. The number of rotatable bonds is 5. The highest BCUT2D eigenvalue weighted by Gasteiger charge is 2.57. The maximum absolute atomic E-state index is 13.8. The number of anilines is 2. The highest BCUT2D eigenvalue weighted by atomic mass is 32.2. The number of aromatic nitrogens is 1. The summed E-state index contributed by atoms with van der Waals surface area (Å²) < 4.78 is 1.44. The zero-order valence-electron chi connectivity index (χ0n) is 19.6. The number of thiophene rings is 1. The number of benzene rings is 2. The Morgan fingerprint density at radius 1 is 0.946 bits per heavy atom. The van der Waals surface area contributed by atoms with Gasteiger partial charge in [0.15, 0.2) is 0 Å². The van der Waals surface area contributed by atoms with Crippen LogP contribution < -0.4 is 15.1 Å². The van der Waals surface area contributed by atoms with Crippen molar-refractivity contribution in [2.45, 2.75) is 29.7 Å². The minimum Gasteiger partial charge on any atom is -0.325 e. The number of aryl methyl sites for hydroxylation is 1. The Labute approximate surface area is 224 Å². The number of para-hydroxylation sites is 1. The van der Waals surface area contributed by atoms with Crippen LogP contribution in [0.15, 0.2) is 81.9 Å². The van der Waals surface area contributed by atoms with Crippen LogP contribution in [0.25, 0.3) is 0 Å². The van der Waals surface area contributed by atoms with Gasteiger partial charge < -0.3 is 5.32 Å². The molecule has 3 atom stereocenters. The molecule has 10 heteroatoms. The van der Waals surface area contributed by atoms with Gasteiger partial charge in [0.1, 0.15) is 11.8 Å². The van der Waals surface area contributed by atoms with E-state index in [9.17, 15) is 19.2 Å². The summed E-state index contributed by atoms with van der Waals surface area (Å²) in [5, 5.41) is 4.64. The Morgan fingerprint density at radius 2 is 1.70 bits per heavy atom. The van der Waals surface area contributed by atoms with Gasteiger partial charge in [0, 0.05) is 21.4 Å². The Bertz CT molecular complexity index is 1560. The van der Waals surface area contributed by atoms with Crippen molar-refractivity contribution in [3.05, 3.63) is 97.1 Å². The summed E-state index contributed by atoms with van der Waals surface area (Å²) in [5.74, 6) is -1.95.